The van der Waals surface area contributed by atoms with Crippen molar-refractivity contribution in [3.63, 3.8) is 0 Å². The maximum atomic E-state index is 12.1. The van der Waals surface area contributed by atoms with Crippen molar-refractivity contribution in [2.24, 2.45) is 12.8 Å². The summed E-state index contributed by atoms with van der Waals surface area (Å²) in [5.74, 6) is 0.517. The van der Waals surface area contributed by atoms with Gasteiger partial charge in [-0.2, -0.15) is 0 Å². The van der Waals surface area contributed by atoms with Crippen LogP contribution in [0.5, 0.6) is 0 Å². The Hall–Kier alpha value is -1.89. The highest BCUT2D eigenvalue weighted by atomic mass is 16.2. The summed E-state index contributed by atoms with van der Waals surface area (Å²) in [4.78, 5) is 31.4. The van der Waals surface area contributed by atoms with Gasteiger partial charge in [-0.15, -0.1) is 0 Å². The molecule has 7 heteroatoms. The van der Waals surface area contributed by atoms with E-state index in [4.69, 9.17) is 5.73 Å². The Labute approximate surface area is 110 Å². The average molecular weight is 265 g/mol. The lowest BCUT2D eigenvalue weighted by atomic mass is 10.3. The number of hydrogen-bond acceptors (Lipinski definition) is 4. The average Bonchev–Trinajstić information content (AvgIpc) is 2.81. The maximum absolute atomic E-state index is 12.1. The van der Waals surface area contributed by atoms with Crippen molar-refractivity contribution >= 4 is 11.2 Å². The molecule has 0 saturated heterocycles. The Kier molecular flexibility index (Phi) is 3.57. The molecule has 0 amide bonds. The number of aryl methyl sites for hydroxylation is 1. The first-order valence-corrected chi connectivity index (χ1v) is 6.42. The minimum absolute atomic E-state index is 0.313. The molecule has 2 rings (SSSR count). The highest BCUT2D eigenvalue weighted by Gasteiger charge is 2.16. The van der Waals surface area contributed by atoms with Gasteiger partial charge in [0, 0.05) is 13.6 Å². The van der Waals surface area contributed by atoms with Crippen LogP contribution in [0.3, 0.4) is 0 Å². The molecule has 0 aliphatic rings. The number of H-pyrrole nitrogens is 1. The molecule has 0 fully saturated rings. The molecule has 0 saturated carbocycles. The second-order valence-electron chi connectivity index (χ2n) is 4.76. The second-order valence-corrected chi connectivity index (χ2v) is 4.76. The molecule has 7 nitrogen and oxygen atoms in total. The molecule has 104 valence electrons. The summed E-state index contributed by atoms with van der Waals surface area (Å²) >= 11 is 0. The second kappa shape index (κ2) is 5.00. The first-order chi connectivity index (χ1) is 8.97. The lowest BCUT2D eigenvalue weighted by Gasteiger charge is -2.07. The van der Waals surface area contributed by atoms with Crippen molar-refractivity contribution in [2.45, 2.75) is 39.3 Å². The fourth-order valence-corrected chi connectivity index (χ4v) is 1.99. The molecule has 0 radical (unpaired) electrons. The molecule has 19 heavy (non-hydrogen) atoms. The maximum Gasteiger partial charge on any atom is 0.332 e. The molecule has 0 aliphatic heterocycles. The van der Waals surface area contributed by atoms with Crippen molar-refractivity contribution in [2.75, 3.05) is 0 Å². The standard InChI is InChI=1S/C12H19N5O2/c1-4-5-6-17-10-8(11(18)16(3)12(17)19)14-9(15-10)7(2)13/h7H,4-6,13H2,1-3H3,(H,14,15). The Balaban J connectivity index is 2.78. The zero-order chi connectivity index (χ0) is 14.2. The third-order valence-electron chi connectivity index (χ3n) is 3.16. The van der Waals surface area contributed by atoms with Crippen molar-refractivity contribution in [1.29, 1.82) is 0 Å². The van der Waals surface area contributed by atoms with E-state index in [-0.39, 0.29) is 17.3 Å². The third-order valence-corrected chi connectivity index (χ3v) is 3.16. The summed E-state index contributed by atoms with van der Waals surface area (Å²) in [5, 5.41) is 0. The fraction of sp³-hybridized carbons (Fsp3) is 0.583. The number of rotatable bonds is 4. The first-order valence-electron chi connectivity index (χ1n) is 6.42. The van der Waals surface area contributed by atoms with Crippen molar-refractivity contribution < 1.29 is 0 Å². The number of aromatic nitrogens is 4. The van der Waals surface area contributed by atoms with E-state index in [9.17, 15) is 9.59 Å². The van der Waals surface area contributed by atoms with Crippen LogP contribution in [0, 0.1) is 0 Å². The summed E-state index contributed by atoms with van der Waals surface area (Å²) in [6.07, 6.45) is 1.81. The fourth-order valence-electron chi connectivity index (χ4n) is 1.99. The van der Waals surface area contributed by atoms with Crippen LogP contribution in [0.1, 0.15) is 38.6 Å². The molecule has 2 heterocycles. The van der Waals surface area contributed by atoms with Gasteiger partial charge < -0.3 is 10.7 Å². The normalized spacial score (nSPS) is 13.1. The van der Waals surface area contributed by atoms with Gasteiger partial charge in [0.1, 0.15) is 11.3 Å². The molecule has 2 aromatic heterocycles. The van der Waals surface area contributed by atoms with Crippen LogP contribution in [0.4, 0.5) is 0 Å². The SMILES string of the molecule is CCCCn1c(=O)n(C)c(=O)c2[nH]c(C(C)N)nc21. The number of aromatic amines is 1. The lowest BCUT2D eigenvalue weighted by Crippen LogP contribution is -2.38. The summed E-state index contributed by atoms with van der Waals surface area (Å²) in [5.41, 5.74) is 5.79. The first kappa shape index (κ1) is 13.5. The van der Waals surface area contributed by atoms with Gasteiger partial charge in [-0.1, -0.05) is 13.3 Å². The monoisotopic (exact) mass is 265 g/mol. The van der Waals surface area contributed by atoms with Crippen molar-refractivity contribution in [3.05, 3.63) is 26.7 Å². The molecule has 3 N–H and O–H groups in total. The predicted molar refractivity (Wildman–Crippen MR) is 73.1 cm³/mol. The van der Waals surface area contributed by atoms with Gasteiger partial charge >= 0.3 is 5.69 Å². The molecule has 0 aliphatic carbocycles. The van der Waals surface area contributed by atoms with Gasteiger partial charge in [-0.25, -0.2) is 9.78 Å². The molecule has 1 atom stereocenters. The van der Waals surface area contributed by atoms with E-state index < -0.39 is 0 Å². The van der Waals surface area contributed by atoms with E-state index in [1.165, 1.54) is 11.6 Å². The number of imidazole rings is 1. The predicted octanol–water partition coefficient (Wildman–Crippen LogP) is 0.243. The highest BCUT2D eigenvalue weighted by Crippen LogP contribution is 2.10. The minimum Gasteiger partial charge on any atom is -0.335 e. The van der Waals surface area contributed by atoms with Crippen molar-refractivity contribution in [1.82, 2.24) is 19.1 Å². The summed E-state index contributed by atoms with van der Waals surface area (Å²) in [6, 6.07) is -0.313. The minimum atomic E-state index is -0.368. The summed E-state index contributed by atoms with van der Waals surface area (Å²) in [6.45, 7) is 4.36. The Morgan fingerprint density at radius 3 is 2.68 bits per heavy atom. The third kappa shape index (κ3) is 2.21. The number of nitrogens with one attached hydrogen (secondary N) is 1. The van der Waals surface area contributed by atoms with Gasteiger partial charge in [0.2, 0.25) is 0 Å². The van der Waals surface area contributed by atoms with Crippen LogP contribution < -0.4 is 17.0 Å². The van der Waals surface area contributed by atoms with Crippen LogP contribution in [-0.2, 0) is 13.6 Å². The molecule has 1 unspecified atom stereocenters. The van der Waals surface area contributed by atoms with E-state index in [1.54, 1.807) is 6.92 Å². The summed E-state index contributed by atoms with van der Waals surface area (Å²) in [7, 11) is 1.47. The van der Waals surface area contributed by atoms with E-state index in [0.29, 0.717) is 23.5 Å². The van der Waals surface area contributed by atoms with Gasteiger partial charge in [0.25, 0.3) is 5.56 Å². The van der Waals surface area contributed by atoms with Gasteiger partial charge in [-0.05, 0) is 13.3 Å². The molecule has 2 aromatic rings. The highest BCUT2D eigenvalue weighted by molar-refractivity contribution is 5.69. The number of unbranched alkanes of at least 4 members (excludes halogenated alkanes) is 1. The number of hydrogen-bond donors (Lipinski definition) is 2. The Morgan fingerprint density at radius 1 is 1.42 bits per heavy atom. The van der Waals surface area contributed by atoms with Crippen LogP contribution in [-0.4, -0.2) is 19.1 Å². The van der Waals surface area contributed by atoms with Gasteiger partial charge in [-0.3, -0.25) is 13.9 Å². The van der Waals surface area contributed by atoms with E-state index in [0.717, 1.165) is 17.4 Å². The number of fused-ring (bicyclic) bond motifs is 1. The van der Waals surface area contributed by atoms with Crippen molar-refractivity contribution in [3.8, 4) is 0 Å². The molecular weight excluding hydrogens is 246 g/mol. The lowest BCUT2D eigenvalue weighted by molar-refractivity contribution is 0.584. The Bertz CT molecular complexity index is 707. The van der Waals surface area contributed by atoms with E-state index in [1.807, 2.05) is 6.92 Å². The zero-order valence-corrected chi connectivity index (χ0v) is 11.4. The smallest absolute Gasteiger partial charge is 0.332 e. The van der Waals surface area contributed by atoms with E-state index in [2.05, 4.69) is 9.97 Å². The largest absolute Gasteiger partial charge is 0.335 e. The van der Waals surface area contributed by atoms with Gasteiger partial charge in [0.05, 0.1) is 6.04 Å². The van der Waals surface area contributed by atoms with Crippen LogP contribution in [0.15, 0.2) is 9.59 Å². The van der Waals surface area contributed by atoms with E-state index >= 15 is 0 Å². The van der Waals surface area contributed by atoms with Gasteiger partial charge in [0.15, 0.2) is 5.65 Å². The number of nitrogens with two attached hydrogens (primary N) is 1. The van der Waals surface area contributed by atoms with Crippen LogP contribution in [0.25, 0.3) is 11.2 Å². The quantitative estimate of drug-likeness (QED) is 0.827. The zero-order valence-electron chi connectivity index (χ0n) is 11.4. The molecular formula is C12H19N5O2. The van der Waals surface area contributed by atoms with Crippen LogP contribution in [0.2, 0.25) is 0 Å². The number of nitrogens with zero attached hydrogens (tertiary/aromatic N) is 3. The molecule has 0 aromatic carbocycles. The molecule has 0 bridgehead atoms. The molecule has 0 spiro atoms. The topological polar surface area (TPSA) is 98.7 Å². The summed E-state index contributed by atoms with van der Waals surface area (Å²) < 4.78 is 2.63. The van der Waals surface area contributed by atoms with Crippen LogP contribution >= 0.6 is 0 Å². The Morgan fingerprint density at radius 2 is 2.11 bits per heavy atom.